The van der Waals surface area contributed by atoms with Crippen molar-refractivity contribution in [1.82, 2.24) is 29.1 Å². The van der Waals surface area contributed by atoms with E-state index in [0.717, 1.165) is 80.3 Å². The van der Waals surface area contributed by atoms with Crippen molar-refractivity contribution in [2.24, 2.45) is 13.0 Å². The summed E-state index contributed by atoms with van der Waals surface area (Å²) in [5.74, 6) is -0.491. The Kier molecular flexibility index (Phi) is 10.9. The molecule has 1 aliphatic carbocycles. The second-order valence-corrected chi connectivity index (χ2v) is 17.7. The molecule has 2 aromatic heterocycles. The maximum absolute atomic E-state index is 13.5. The Morgan fingerprint density at radius 1 is 0.983 bits per heavy atom. The van der Waals surface area contributed by atoms with Crippen LogP contribution in [0.2, 0.25) is 10.0 Å². The van der Waals surface area contributed by atoms with Gasteiger partial charge in [0.15, 0.2) is 0 Å². The Morgan fingerprint density at radius 3 is 2.41 bits per heavy atom. The number of aliphatic hydroxyl groups is 1. The van der Waals surface area contributed by atoms with E-state index in [-0.39, 0.29) is 30.0 Å². The van der Waals surface area contributed by atoms with Crippen molar-refractivity contribution in [3.63, 3.8) is 0 Å². The normalized spacial score (nSPS) is 21.0. The molecule has 2 aliphatic heterocycles. The Balaban J connectivity index is 0.884. The molecule has 3 fully saturated rings. The molecule has 1 unspecified atom stereocenters. The first-order chi connectivity index (χ1) is 27.7. The molecule has 306 valence electrons. The van der Waals surface area contributed by atoms with Crippen LogP contribution in [0.4, 0.5) is 11.4 Å². The third kappa shape index (κ3) is 7.77. The topological polar surface area (TPSA) is 147 Å². The minimum atomic E-state index is -1.22. The van der Waals surface area contributed by atoms with Crippen LogP contribution in [0, 0.1) is 5.92 Å². The number of imide groups is 1. The van der Waals surface area contributed by atoms with Crippen LogP contribution < -0.4 is 21.2 Å². The molecule has 13 nitrogen and oxygen atoms in total. The van der Waals surface area contributed by atoms with Crippen LogP contribution in [0.25, 0.3) is 21.9 Å². The minimum Gasteiger partial charge on any atom is -0.386 e. The van der Waals surface area contributed by atoms with Crippen molar-refractivity contribution >= 4 is 74.2 Å². The standard InChI is InChI=1S/C43H50Cl2N8O5/c1-43(2,58)30-22-33-27(21-34(30)46-40(55)26-10-13-31(44)32(45)20-26)24-52(48-33)29-11-8-25(9-12-29)23-49(3)28-16-18-51(19-17-28)35-6-5-7-36-39(35)50(4)42(57)53(36)37-14-15-38(54)47-41(37)56/h5-7,10,13,20-22,24-25,28-29,37,58H,8-9,11-12,14-19,23H2,1-4H3,(H,46,55)(H,47,54,56). The van der Waals surface area contributed by atoms with E-state index in [1.807, 2.05) is 30.5 Å². The van der Waals surface area contributed by atoms with Crippen LogP contribution in [-0.2, 0) is 22.2 Å². The highest BCUT2D eigenvalue weighted by Crippen LogP contribution is 2.37. The summed E-state index contributed by atoms with van der Waals surface area (Å²) >= 11 is 12.2. The summed E-state index contributed by atoms with van der Waals surface area (Å²) < 4.78 is 5.26. The average Bonchev–Trinajstić information content (AvgIpc) is 3.73. The van der Waals surface area contributed by atoms with Crippen molar-refractivity contribution in [1.29, 1.82) is 0 Å². The number of imidazole rings is 1. The number of amides is 3. The maximum Gasteiger partial charge on any atom is 0.329 e. The number of aryl methyl sites for hydroxylation is 1. The van der Waals surface area contributed by atoms with Gasteiger partial charge in [0.05, 0.1) is 43.9 Å². The van der Waals surface area contributed by atoms with Gasteiger partial charge in [0, 0.05) is 67.5 Å². The smallest absolute Gasteiger partial charge is 0.329 e. The van der Waals surface area contributed by atoms with Crippen LogP contribution in [0.5, 0.6) is 0 Å². The van der Waals surface area contributed by atoms with E-state index in [1.165, 1.54) is 6.07 Å². The molecule has 3 aromatic carbocycles. The molecule has 1 saturated carbocycles. The number of nitrogens with one attached hydrogen (secondary N) is 2. The van der Waals surface area contributed by atoms with Gasteiger partial charge in [-0.1, -0.05) is 29.3 Å². The Bertz CT molecular complexity index is 2470. The zero-order valence-corrected chi connectivity index (χ0v) is 34.8. The summed E-state index contributed by atoms with van der Waals surface area (Å²) in [5.41, 5.74) is 3.27. The lowest BCUT2D eigenvalue weighted by molar-refractivity contribution is -0.135. The molecule has 3 aliphatic rings. The molecular formula is C43H50Cl2N8O5. The van der Waals surface area contributed by atoms with Crippen molar-refractivity contribution in [2.75, 3.05) is 36.9 Å². The number of carbonyl (C=O) groups excluding carboxylic acids is 3. The predicted octanol–water partition coefficient (Wildman–Crippen LogP) is 6.79. The highest BCUT2D eigenvalue weighted by atomic mass is 35.5. The van der Waals surface area contributed by atoms with Gasteiger partial charge in [0.25, 0.3) is 5.91 Å². The van der Waals surface area contributed by atoms with E-state index in [1.54, 1.807) is 42.2 Å². The fraction of sp³-hybridized carbons (Fsp3) is 0.465. The summed E-state index contributed by atoms with van der Waals surface area (Å²) in [4.78, 5) is 56.1. The summed E-state index contributed by atoms with van der Waals surface area (Å²) in [6.45, 7) is 6.15. The molecule has 3 amide bonds. The zero-order valence-electron chi connectivity index (χ0n) is 33.3. The number of para-hydroxylation sites is 1. The van der Waals surface area contributed by atoms with Crippen LogP contribution in [0.1, 0.15) is 93.2 Å². The lowest BCUT2D eigenvalue weighted by Crippen LogP contribution is -2.45. The SMILES string of the molecule is CN(CC1CCC(n2cc3cc(NC(=O)c4ccc(Cl)c(Cl)c4)c(C(C)(C)O)cc3n2)CC1)C1CCN(c2cccc3c2n(C)c(=O)n3C2CCC(=O)NC2=O)CC1. The highest BCUT2D eigenvalue weighted by molar-refractivity contribution is 6.42. The van der Waals surface area contributed by atoms with Crippen LogP contribution in [0.3, 0.4) is 0 Å². The fourth-order valence-electron chi connectivity index (χ4n) is 9.32. The minimum absolute atomic E-state index is 0.211. The number of halogens is 2. The molecule has 3 N–H and O–H groups in total. The Morgan fingerprint density at radius 2 is 1.72 bits per heavy atom. The van der Waals surface area contributed by atoms with Crippen molar-refractivity contribution in [3.05, 3.63) is 86.4 Å². The van der Waals surface area contributed by atoms with Crippen molar-refractivity contribution in [3.8, 4) is 0 Å². The largest absolute Gasteiger partial charge is 0.386 e. The van der Waals surface area contributed by atoms with Gasteiger partial charge in [0.1, 0.15) is 6.04 Å². The van der Waals surface area contributed by atoms with E-state index in [2.05, 4.69) is 38.2 Å². The number of benzene rings is 3. The van der Waals surface area contributed by atoms with Gasteiger partial charge in [-0.05, 0) is 114 Å². The van der Waals surface area contributed by atoms with Gasteiger partial charge < -0.3 is 20.2 Å². The maximum atomic E-state index is 13.5. The van der Waals surface area contributed by atoms with Gasteiger partial charge in [0.2, 0.25) is 11.8 Å². The van der Waals surface area contributed by atoms with Gasteiger partial charge in [-0.3, -0.25) is 33.5 Å². The van der Waals surface area contributed by atoms with E-state index in [0.29, 0.717) is 50.8 Å². The average molecular weight is 830 g/mol. The quantitative estimate of drug-likeness (QED) is 0.138. The monoisotopic (exact) mass is 828 g/mol. The second kappa shape index (κ2) is 15.8. The number of nitrogens with zero attached hydrogens (tertiary/aromatic N) is 6. The number of fused-ring (bicyclic) bond motifs is 2. The summed E-state index contributed by atoms with van der Waals surface area (Å²) in [6, 6.07) is 14.4. The van der Waals surface area contributed by atoms with E-state index < -0.39 is 17.6 Å². The molecule has 1 atom stereocenters. The molecule has 0 bridgehead atoms. The van der Waals surface area contributed by atoms with Gasteiger partial charge >= 0.3 is 5.69 Å². The molecule has 2 saturated heterocycles. The van der Waals surface area contributed by atoms with Crippen LogP contribution in [0.15, 0.2) is 59.5 Å². The highest BCUT2D eigenvalue weighted by Gasteiger charge is 2.33. The number of carbonyl (C=O) groups is 3. The first-order valence-electron chi connectivity index (χ1n) is 20.2. The fourth-order valence-corrected chi connectivity index (χ4v) is 9.62. The number of hydrogen-bond acceptors (Lipinski definition) is 8. The van der Waals surface area contributed by atoms with E-state index >= 15 is 0 Å². The molecule has 8 rings (SSSR count). The van der Waals surface area contributed by atoms with Gasteiger partial charge in [-0.2, -0.15) is 5.10 Å². The van der Waals surface area contributed by atoms with E-state index in [4.69, 9.17) is 28.3 Å². The van der Waals surface area contributed by atoms with Gasteiger partial charge in [-0.25, -0.2) is 4.79 Å². The lowest BCUT2D eigenvalue weighted by Gasteiger charge is -2.40. The van der Waals surface area contributed by atoms with E-state index in [9.17, 15) is 24.3 Å². The second-order valence-electron chi connectivity index (χ2n) is 16.9. The number of hydrogen-bond donors (Lipinski definition) is 3. The molecule has 5 aromatic rings. The molecule has 0 radical (unpaired) electrons. The molecule has 15 heteroatoms. The summed E-state index contributed by atoms with van der Waals surface area (Å²) in [7, 11) is 4.00. The third-order valence-corrected chi connectivity index (χ3v) is 13.3. The first kappa shape index (κ1) is 40.1. The summed E-state index contributed by atoms with van der Waals surface area (Å²) in [5, 5.41) is 22.9. The number of aromatic nitrogens is 4. The molecular weight excluding hydrogens is 779 g/mol. The van der Waals surface area contributed by atoms with Crippen LogP contribution in [-0.4, -0.2) is 79.4 Å². The Labute approximate surface area is 346 Å². The Hall–Kier alpha value is -4.69. The lowest BCUT2D eigenvalue weighted by atomic mass is 9.85. The summed E-state index contributed by atoms with van der Waals surface area (Å²) in [6.07, 6.45) is 8.82. The number of piperidine rings is 2. The number of rotatable bonds is 9. The number of anilines is 2. The van der Waals surface area contributed by atoms with Crippen molar-refractivity contribution < 1.29 is 19.5 Å². The first-order valence-corrected chi connectivity index (χ1v) is 20.9. The zero-order chi connectivity index (χ0) is 41.0. The molecule has 58 heavy (non-hydrogen) atoms. The third-order valence-electron chi connectivity index (χ3n) is 12.5. The van der Waals surface area contributed by atoms with Crippen molar-refractivity contribution in [2.45, 2.75) is 88.9 Å². The molecule has 0 spiro atoms. The van der Waals surface area contributed by atoms with Crippen LogP contribution >= 0.6 is 23.2 Å². The predicted molar refractivity (Wildman–Crippen MR) is 227 cm³/mol. The molecule has 4 heterocycles. The van der Waals surface area contributed by atoms with Gasteiger partial charge in [-0.15, -0.1) is 0 Å².